The van der Waals surface area contributed by atoms with E-state index in [4.69, 9.17) is 0 Å². The third-order valence-corrected chi connectivity index (χ3v) is 5.41. The molecule has 0 aromatic carbocycles. The summed E-state index contributed by atoms with van der Waals surface area (Å²) in [5.41, 5.74) is 0. The maximum absolute atomic E-state index is 4.04. The van der Waals surface area contributed by atoms with Crippen molar-refractivity contribution in [2.75, 3.05) is 13.1 Å². The molecule has 2 unspecified atom stereocenters. The summed E-state index contributed by atoms with van der Waals surface area (Å²) in [7, 11) is 0. The molecule has 2 heteroatoms. The molecule has 3 rings (SSSR count). The largest absolute Gasteiger partial charge is 0.310 e. The third-order valence-electron chi connectivity index (χ3n) is 5.41. The molecule has 3 aliphatic rings. The van der Waals surface area contributed by atoms with Crippen LogP contribution in [0.5, 0.6) is 0 Å². The number of hydrogen-bond acceptors (Lipinski definition) is 2. The Bertz CT molecular complexity index is 245. The third kappa shape index (κ3) is 3.08. The first-order chi connectivity index (χ1) is 8.93. The maximum Gasteiger partial charge on any atom is 0.0249 e. The van der Waals surface area contributed by atoms with Crippen molar-refractivity contribution >= 4 is 0 Å². The quantitative estimate of drug-likeness (QED) is 0.809. The summed E-state index contributed by atoms with van der Waals surface area (Å²) in [4.78, 5) is 2.75. The Hall–Kier alpha value is -0.0800. The summed E-state index contributed by atoms with van der Waals surface area (Å²) >= 11 is 0. The van der Waals surface area contributed by atoms with Gasteiger partial charge in [0.15, 0.2) is 0 Å². The van der Waals surface area contributed by atoms with Gasteiger partial charge in [0, 0.05) is 24.7 Å². The first-order valence-corrected chi connectivity index (χ1v) is 8.43. The van der Waals surface area contributed by atoms with E-state index in [0.717, 1.165) is 18.1 Å². The highest BCUT2D eigenvalue weighted by atomic mass is 15.2. The topological polar surface area (TPSA) is 15.3 Å². The lowest BCUT2D eigenvalue weighted by atomic mass is 9.94. The van der Waals surface area contributed by atoms with Crippen LogP contribution in [0.15, 0.2) is 0 Å². The van der Waals surface area contributed by atoms with Gasteiger partial charge in [-0.2, -0.15) is 0 Å². The second-order valence-electron chi connectivity index (χ2n) is 6.70. The molecular weight excluding hydrogens is 220 g/mol. The molecular formula is C16H30N2. The van der Waals surface area contributed by atoms with E-state index >= 15 is 0 Å². The summed E-state index contributed by atoms with van der Waals surface area (Å²) in [5, 5.41) is 4.04. The number of piperidine rings is 1. The minimum absolute atomic E-state index is 0.815. The Balaban J connectivity index is 1.51. The van der Waals surface area contributed by atoms with E-state index in [2.05, 4.69) is 10.2 Å². The van der Waals surface area contributed by atoms with Crippen molar-refractivity contribution in [1.29, 1.82) is 0 Å². The molecule has 2 nitrogen and oxygen atoms in total. The molecule has 2 aliphatic heterocycles. The van der Waals surface area contributed by atoms with Crippen LogP contribution in [0.3, 0.4) is 0 Å². The van der Waals surface area contributed by atoms with Gasteiger partial charge in [-0.1, -0.05) is 38.5 Å². The lowest BCUT2D eigenvalue weighted by molar-refractivity contribution is 0.173. The van der Waals surface area contributed by atoms with Crippen molar-refractivity contribution in [3.8, 4) is 0 Å². The fourth-order valence-electron chi connectivity index (χ4n) is 4.37. The summed E-state index contributed by atoms with van der Waals surface area (Å²) in [6.45, 7) is 2.72. The normalized spacial score (nSPS) is 36.0. The van der Waals surface area contributed by atoms with Gasteiger partial charge in [0.2, 0.25) is 0 Å². The molecule has 0 aromatic rings. The molecule has 2 atom stereocenters. The zero-order valence-corrected chi connectivity index (χ0v) is 11.9. The predicted molar refractivity (Wildman–Crippen MR) is 76.9 cm³/mol. The van der Waals surface area contributed by atoms with Crippen LogP contribution in [0.2, 0.25) is 0 Å². The number of nitrogens with zero attached hydrogens (tertiary/aromatic N) is 1. The van der Waals surface area contributed by atoms with E-state index in [1.807, 2.05) is 0 Å². The molecule has 1 N–H and O–H groups in total. The molecule has 18 heavy (non-hydrogen) atoms. The fourth-order valence-corrected chi connectivity index (χ4v) is 4.37. The monoisotopic (exact) mass is 250 g/mol. The first-order valence-electron chi connectivity index (χ1n) is 8.43. The molecule has 1 saturated carbocycles. The van der Waals surface area contributed by atoms with Gasteiger partial charge in [-0.25, -0.2) is 0 Å². The molecule has 0 radical (unpaired) electrons. The fraction of sp³-hybridized carbons (Fsp3) is 1.00. The van der Waals surface area contributed by atoms with Crippen LogP contribution in [-0.4, -0.2) is 36.1 Å². The molecule has 104 valence electrons. The van der Waals surface area contributed by atoms with E-state index < -0.39 is 0 Å². The molecule has 0 spiro atoms. The Labute approximate surface area is 113 Å². The molecule has 2 saturated heterocycles. The van der Waals surface area contributed by atoms with Crippen LogP contribution in [0.25, 0.3) is 0 Å². The van der Waals surface area contributed by atoms with Gasteiger partial charge < -0.3 is 5.32 Å². The van der Waals surface area contributed by atoms with E-state index in [1.165, 1.54) is 83.7 Å². The highest BCUT2D eigenvalue weighted by molar-refractivity contribution is 4.95. The number of nitrogens with one attached hydrogen (secondary N) is 1. The summed E-state index contributed by atoms with van der Waals surface area (Å²) in [6, 6.07) is 2.52. The maximum atomic E-state index is 4.04. The van der Waals surface area contributed by atoms with Crippen molar-refractivity contribution in [3.05, 3.63) is 0 Å². The molecule has 0 amide bonds. The van der Waals surface area contributed by atoms with E-state index in [-0.39, 0.29) is 0 Å². The lowest BCUT2D eigenvalue weighted by Gasteiger charge is -2.34. The predicted octanol–water partition coefficient (Wildman–Crippen LogP) is 3.32. The SMILES string of the molecule is C1CCCC(NC2CCN3CCCCC23)CCC1. The van der Waals surface area contributed by atoms with Crippen molar-refractivity contribution < 1.29 is 0 Å². The number of rotatable bonds is 2. The van der Waals surface area contributed by atoms with Gasteiger partial charge in [0.05, 0.1) is 0 Å². The van der Waals surface area contributed by atoms with Crippen LogP contribution in [0.1, 0.15) is 70.6 Å². The first kappa shape index (κ1) is 12.9. The van der Waals surface area contributed by atoms with Crippen LogP contribution < -0.4 is 5.32 Å². The Morgan fingerprint density at radius 3 is 2.22 bits per heavy atom. The minimum Gasteiger partial charge on any atom is -0.310 e. The zero-order valence-electron chi connectivity index (χ0n) is 11.9. The van der Waals surface area contributed by atoms with Gasteiger partial charge in [0.25, 0.3) is 0 Å². The summed E-state index contributed by atoms with van der Waals surface area (Å²) in [6.07, 6.45) is 16.0. The van der Waals surface area contributed by atoms with Gasteiger partial charge in [0.1, 0.15) is 0 Å². The number of hydrogen-bond donors (Lipinski definition) is 1. The smallest absolute Gasteiger partial charge is 0.0249 e. The van der Waals surface area contributed by atoms with E-state index in [1.54, 1.807) is 0 Å². The van der Waals surface area contributed by atoms with E-state index in [0.29, 0.717) is 0 Å². The second kappa shape index (κ2) is 6.38. The van der Waals surface area contributed by atoms with Crippen molar-refractivity contribution in [1.82, 2.24) is 10.2 Å². The number of fused-ring (bicyclic) bond motifs is 1. The standard InChI is InChI=1S/C16H30N2/c1-2-4-8-14(9-5-3-1)17-15-11-13-18-12-7-6-10-16(15)18/h14-17H,1-13H2. The average Bonchev–Trinajstić information content (AvgIpc) is 2.76. The highest BCUT2D eigenvalue weighted by Crippen LogP contribution is 2.28. The summed E-state index contributed by atoms with van der Waals surface area (Å²) < 4.78 is 0. The zero-order chi connectivity index (χ0) is 12.2. The molecule has 3 fully saturated rings. The molecule has 1 aliphatic carbocycles. The van der Waals surface area contributed by atoms with Crippen LogP contribution in [0.4, 0.5) is 0 Å². The minimum atomic E-state index is 0.815. The Kier molecular flexibility index (Phi) is 4.58. The molecule has 2 heterocycles. The molecule has 0 aromatic heterocycles. The lowest BCUT2D eigenvalue weighted by Crippen LogP contribution is -2.48. The average molecular weight is 250 g/mol. The van der Waals surface area contributed by atoms with Gasteiger partial charge in [-0.05, 0) is 38.6 Å². The van der Waals surface area contributed by atoms with E-state index in [9.17, 15) is 0 Å². The highest BCUT2D eigenvalue weighted by Gasteiger charge is 2.36. The Morgan fingerprint density at radius 2 is 1.39 bits per heavy atom. The molecule has 0 bridgehead atoms. The summed E-state index contributed by atoms with van der Waals surface area (Å²) in [5.74, 6) is 0. The Morgan fingerprint density at radius 1 is 0.667 bits per heavy atom. The van der Waals surface area contributed by atoms with Gasteiger partial charge in [-0.3, -0.25) is 4.90 Å². The van der Waals surface area contributed by atoms with Crippen molar-refractivity contribution in [2.45, 2.75) is 88.8 Å². The van der Waals surface area contributed by atoms with Crippen LogP contribution in [0, 0.1) is 0 Å². The van der Waals surface area contributed by atoms with Gasteiger partial charge in [-0.15, -0.1) is 0 Å². The van der Waals surface area contributed by atoms with Crippen molar-refractivity contribution in [3.63, 3.8) is 0 Å². The van der Waals surface area contributed by atoms with Crippen LogP contribution >= 0.6 is 0 Å². The van der Waals surface area contributed by atoms with Crippen molar-refractivity contribution in [2.24, 2.45) is 0 Å². The van der Waals surface area contributed by atoms with Crippen LogP contribution in [-0.2, 0) is 0 Å². The second-order valence-corrected chi connectivity index (χ2v) is 6.70. The van der Waals surface area contributed by atoms with Gasteiger partial charge >= 0.3 is 0 Å².